The van der Waals surface area contributed by atoms with Crippen molar-refractivity contribution in [2.24, 2.45) is 5.73 Å². The van der Waals surface area contributed by atoms with Crippen LogP contribution in [0.4, 0.5) is 0 Å². The minimum Gasteiger partial charge on any atom is -0.320 e. The zero-order valence-electron chi connectivity index (χ0n) is 9.33. The Labute approximate surface area is 108 Å². The van der Waals surface area contributed by atoms with E-state index in [0.717, 1.165) is 4.47 Å². The smallest absolute Gasteiger partial charge is 0.0646 e. The average Bonchev–Trinajstić information content (AvgIpc) is 2.59. The van der Waals surface area contributed by atoms with Gasteiger partial charge in [0.2, 0.25) is 0 Å². The fourth-order valence-electron chi connectivity index (χ4n) is 1.57. The van der Waals surface area contributed by atoms with Gasteiger partial charge in [-0.05, 0) is 41.4 Å². The lowest BCUT2D eigenvalue weighted by molar-refractivity contribution is 0.892. The molecule has 1 heterocycles. The summed E-state index contributed by atoms with van der Waals surface area (Å²) in [6, 6.07) is 10.5. The van der Waals surface area contributed by atoms with E-state index >= 15 is 0 Å². The number of aryl methyl sites for hydroxylation is 2. The average molecular weight is 296 g/mol. The van der Waals surface area contributed by atoms with Crippen LogP contribution in [-0.4, -0.2) is 0 Å². The van der Waals surface area contributed by atoms with Crippen LogP contribution in [0.2, 0.25) is 0 Å². The summed E-state index contributed by atoms with van der Waals surface area (Å²) in [5, 5.41) is 0. The van der Waals surface area contributed by atoms with Crippen molar-refractivity contribution in [3.05, 3.63) is 55.7 Å². The van der Waals surface area contributed by atoms with Crippen LogP contribution >= 0.6 is 27.3 Å². The van der Waals surface area contributed by atoms with Crippen molar-refractivity contribution in [1.82, 2.24) is 0 Å². The second-order valence-electron chi connectivity index (χ2n) is 3.94. The molecule has 0 amide bonds. The summed E-state index contributed by atoms with van der Waals surface area (Å²) in [4.78, 5) is 2.48. The Morgan fingerprint density at radius 3 is 2.31 bits per heavy atom. The summed E-state index contributed by atoms with van der Waals surface area (Å²) < 4.78 is 1.15. The van der Waals surface area contributed by atoms with Crippen molar-refractivity contribution < 1.29 is 0 Å². The quantitative estimate of drug-likeness (QED) is 0.884. The van der Waals surface area contributed by atoms with E-state index in [4.69, 9.17) is 5.73 Å². The first kappa shape index (κ1) is 11.8. The molecule has 0 aliphatic carbocycles. The number of halogens is 1. The van der Waals surface area contributed by atoms with E-state index in [2.05, 4.69) is 60.1 Å². The maximum atomic E-state index is 6.24. The highest BCUT2D eigenvalue weighted by Crippen LogP contribution is 2.32. The molecule has 84 valence electrons. The second-order valence-corrected chi connectivity index (χ2v) is 6.08. The van der Waals surface area contributed by atoms with Crippen LogP contribution in [-0.2, 0) is 0 Å². The Bertz CT molecular complexity index is 468. The van der Waals surface area contributed by atoms with Crippen LogP contribution in [0.1, 0.15) is 26.9 Å². The van der Waals surface area contributed by atoms with Crippen molar-refractivity contribution in [3.63, 3.8) is 0 Å². The van der Waals surface area contributed by atoms with Gasteiger partial charge in [-0.3, -0.25) is 0 Å². The topological polar surface area (TPSA) is 26.0 Å². The highest BCUT2D eigenvalue weighted by molar-refractivity contribution is 9.10. The van der Waals surface area contributed by atoms with Gasteiger partial charge < -0.3 is 5.73 Å². The zero-order chi connectivity index (χ0) is 11.7. The van der Waals surface area contributed by atoms with Gasteiger partial charge >= 0.3 is 0 Å². The molecule has 1 unspecified atom stereocenters. The van der Waals surface area contributed by atoms with Crippen LogP contribution in [0.3, 0.4) is 0 Å². The van der Waals surface area contributed by atoms with Gasteiger partial charge in [0.05, 0.1) is 6.04 Å². The molecule has 0 saturated heterocycles. The van der Waals surface area contributed by atoms with Crippen LogP contribution in [0.15, 0.2) is 34.8 Å². The number of hydrogen-bond donors (Lipinski definition) is 1. The lowest BCUT2D eigenvalue weighted by Crippen LogP contribution is -2.09. The molecule has 3 heteroatoms. The largest absolute Gasteiger partial charge is 0.320 e. The first-order valence-corrected chi connectivity index (χ1v) is 6.77. The van der Waals surface area contributed by atoms with Gasteiger partial charge in [-0.1, -0.05) is 29.8 Å². The minimum absolute atomic E-state index is 0.0180. The van der Waals surface area contributed by atoms with Gasteiger partial charge in [-0.25, -0.2) is 0 Å². The van der Waals surface area contributed by atoms with Gasteiger partial charge in [0.15, 0.2) is 0 Å². The third kappa shape index (κ3) is 2.37. The molecule has 2 aromatic rings. The minimum atomic E-state index is -0.0180. The summed E-state index contributed by atoms with van der Waals surface area (Å²) in [5.41, 5.74) is 8.67. The first-order valence-electron chi connectivity index (χ1n) is 5.16. The maximum absolute atomic E-state index is 6.24. The molecule has 1 aromatic heterocycles. The molecule has 1 aromatic carbocycles. The van der Waals surface area contributed by atoms with Gasteiger partial charge in [0, 0.05) is 14.2 Å². The van der Waals surface area contributed by atoms with Gasteiger partial charge in [0.1, 0.15) is 0 Å². The van der Waals surface area contributed by atoms with Crippen LogP contribution in [0.5, 0.6) is 0 Å². The standard InChI is InChI=1S/C13H14BrNS/c1-8-3-5-10(6-4-8)13(15)12-7-11(14)9(2)16-12/h3-7,13H,15H2,1-2H3. The molecule has 0 aliphatic rings. The molecule has 0 aliphatic heterocycles. The number of thiophene rings is 1. The third-order valence-corrected chi connectivity index (χ3v) is 4.84. The van der Waals surface area contributed by atoms with Gasteiger partial charge in [-0.2, -0.15) is 0 Å². The molecular weight excluding hydrogens is 282 g/mol. The fraction of sp³-hybridized carbons (Fsp3) is 0.231. The van der Waals surface area contributed by atoms with E-state index < -0.39 is 0 Å². The molecule has 0 fully saturated rings. The summed E-state index contributed by atoms with van der Waals surface area (Å²) in [7, 11) is 0. The molecule has 1 atom stereocenters. The Morgan fingerprint density at radius 1 is 1.19 bits per heavy atom. The Morgan fingerprint density at radius 2 is 1.81 bits per heavy atom. The molecule has 0 saturated carbocycles. The van der Waals surface area contributed by atoms with E-state index in [0.29, 0.717) is 0 Å². The van der Waals surface area contributed by atoms with Crippen molar-refractivity contribution in [1.29, 1.82) is 0 Å². The Kier molecular flexibility index (Phi) is 3.47. The predicted molar refractivity (Wildman–Crippen MR) is 74.0 cm³/mol. The SMILES string of the molecule is Cc1ccc(C(N)c2cc(Br)c(C)s2)cc1. The highest BCUT2D eigenvalue weighted by Gasteiger charge is 2.12. The van der Waals surface area contributed by atoms with Crippen molar-refractivity contribution in [3.8, 4) is 0 Å². The molecule has 1 nitrogen and oxygen atoms in total. The summed E-state index contributed by atoms with van der Waals surface area (Å²) >= 11 is 5.27. The van der Waals surface area contributed by atoms with E-state index in [-0.39, 0.29) is 6.04 Å². The highest BCUT2D eigenvalue weighted by atomic mass is 79.9. The van der Waals surface area contributed by atoms with Crippen molar-refractivity contribution in [2.75, 3.05) is 0 Å². The molecule has 0 spiro atoms. The summed E-state index contributed by atoms with van der Waals surface area (Å²) in [5.74, 6) is 0. The molecule has 0 bridgehead atoms. The Hall–Kier alpha value is -0.640. The molecule has 2 N–H and O–H groups in total. The predicted octanol–water partition coefficient (Wildman–Crippen LogP) is 4.18. The molecule has 16 heavy (non-hydrogen) atoms. The number of benzene rings is 1. The fourth-order valence-corrected chi connectivity index (χ4v) is 3.16. The monoisotopic (exact) mass is 295 g/mol. The maximum Gasteiger partial charge on any atom is 0.0646 e. The van der Waals surface area contributed by atoms with Crippen LogP contribution in [0.25, 0.3) is 0 Å². The summed E-state index contributed by atoms with van der Waals surface area (Å²) in [6.07, 6.45) is 0. The first-order chi connectivity index (χ1) is 7.58. The molecule has 0 radical (unpaired) electrons. The lowest BCUT2D eigenvalue weighted by Gasteiger charge is -2.09. The Balaban J connectivity index is 2.31. The number of rotatable bonds is 2. The number of hydrogen-bond acceptors (Lipinski definition) is 2. The van der Waals surface area contributed by atoms with E-state index in [1.165, 1.54) is 20.9 Å². The van der Waals surface area contributed by atoms with E-state index in [9.17, 15) is 0 Å². The van der Waals surface area contributed by atoms with Crippen molar-refractivity contribution >= 4 is 27.3 Å². The van der Waals surface area contributed by atoms with Crippen molar-refractivity contribution in [2.45, 2.75) is 19.9 Å². The normalized spacial score (nSPS) is 12.8. The zero-order valence-corrected chi connectivity index (χ0v) is 11.7. The van der Waals surface area contributed by atoms with Crippen LogP contribution < -0.4 is 5.73 Å². The molecular formula is C13H14BrNS. The second kappa shape index (κ2) is 4.70. The van der Waals surface area contributed by atoms with Gasteiger partial charge in [-0.15, -0.1) is 11.3 Å². The molecule has 2 rings (SSSR count). The van der Waals surface area contributed by atoms with E-state index in [1.807, 2.05) is 0 Å². The van der Waals surface area contributed by atoms with Crippen LogP contribution in [0, 0.1) is 13.8 Å². The summed E-state index contributed by atoms with van der Waals surface area (Å²) in [6.45, 7) is 4.18. The van der Waals surface area contributed by atoms with E-state index in [1.54, 1.807) is 11.3 Å². The number of nitrogens with two attached hydrogens (primary N) is 1. The lowest BCUT2D eigenvalue weighted by atomic mass is 10.0. The van der Waals surface area contributed by atoms with Gasteiger partial charge in [0.25, 0.3) is 0 Å². The third-order valence-electron chi connectivity index (χ3n) is 2.62.